The number of hydrogen-bond acceptors (Lipinski definition) is 7. The van der Waals surface area contributed by atoms with Gasteiger partial charge < -0.3 is 10.6 Å². The van der Waals surface area contributed by atoms with Crippen molar-refractivity contribution < 1.29 is 0 Å². The molecule has 3 aromatic rings. The van der Waals surface area contributed by atoms with Crippen molar-refractivity contribution in [2.45, 2.75) is 0 Å². The van der Waals surface area contributed by atoms with Gasteiger partial charge in [-0.25, -0.2) is 15.0 Å². The number of rotatable bonds is 4. The highest BCUT2D eigenvalue weighted by Crippen LogP contribution is 2.27. The smallest absolute Gasteiger partial charge is 0.183 e. The van der Waals surface area contributed by atoms with Crippen LogP contribution in [-0.2, 0) is 0 Å². The predicted molar refractivity (Wildman–Crippen MR) is 85.5 cm³/mol. The first kappa shape index (κ1) is 13.0. The molecule has 0 aromatic carbocycles. The molecular weight excluding hydrogens is 290 g/mol. The van der Waals surface area contributed by atoms with Crippen molar-refractivity contribution in [3.8, 4) is 22.8 Å². The van der Waals surface area contributed by atoms with Crippen molar-refractivity contribution >= 4 is 32.9 Å². The summed E-state index contributed by atoms with van der Waals surface area (Å²) in [5.41, 5.74) is 3.48. The SMILES string of the molecule is CNc1nc(-c2cccc(-c3csc(NC)n3)n2)cs1. The van der Waals surface area contributed by atoms with E-state index in [0.29, 0.717) is 0 Å². The molecule has 0 aliphatic heterocycles. The van der Waals surface area contributed by atoms with Gasteiger partial charge >= 0.3 is 0 Å². The van der Waals surface area contributed by atoms with Crippen LogP contribution in [0.2, 0.25) is 0 Å². The van der Waals surface area contributed by atoms with E-state index < -0.39 is 0 Å². The van der Waals surface area contributed by atoms with Gasteiger partial charge in [0.25, 0.3) is 0 Å². The fraction of sp³-hybridized carbons (Fsp3) is 0.154. The Morgan fingerprint density at radius 1 is 0.750 bits per heavy atom. The van der Waals surface area contributed by atoms with Crippen LogP contribution < -0.4 is 10.6 Å². The van der Waals surface area contributed by atoms with Crippen molar-refractivity contribution in [2.24, 2.45) is 0 Å². The number of anilines is 2. The summed E-state index contributed by atoms with van der Waals surface area (Å²) in [4.78, 5) is 13.6. The van der Waals surface area contributed by atoms with E-state index in [1.165, 1.54) is 0 Å². The molecule has 0 amide bonds. The minimum absolute atomic E-state index is 0.860. The lowest BCUT2D eigenvalue weighted by Gasteiger charge is -2.00. The first-order chi connectivity index (χ1) is 9.80. The summed E-state index contributed by atoms with van der Waals surface area (Å²) in [6.07, 6.45) is 0. The highest BCUT2D eigenvalue weighted by atomic mass is 32.1. The normalized spacial score (nSPS) is 10.5. The second kappa shape index (κ2) is 5.56. The van der Waals surface area contributed by atoms with E-state index in [2.05, 4.69) is 25.6 Å². The molecule has 0 saturated heterocycles. The highest BCUT2D eigenvalue weighted by Gasteiger charge is 2.09. The third-order valence-corrected chi connectivity index (χ3v) is 4.43. The van der Waals surface area contributed by atoms with Gasteiger partial charge in [-0.05, 0) is 12.1 Å². The molecule has 5 nitrogen and oxygen atoms in total. The number of hydrogen-bond donors (Lipinski definition) is 2. The summed E-state index contributed by atoms with van der Waals surface area (Å²) in [5.74, 6) is 0. The fourth-order valence-corrected chi connectivity index (χ4v) is 3.06. The standard InChI is InChI=1S/C13H13N5S2/c1-14-12-17-10(6-19-12)8-4-3-5-9(16-8)11-7-20-13(15-2)18-11/h3-7H,1-2H3,(H,14,17)(H,15,18). The number of aromatic nitrogens is 3. The van der Waals surface area contributed by atoms with Crippen LogP contribution >= 0.6 is 22.7 Å². The molecule has 0 bridgehead atoms. The number of thiazole rings is 2. The van der Waals surface area contributed by atoms with Crippen molar-refractivity contribution in [3.05, 3.63) is 29.0 Å². The Labute approximate surface area is 124 Å². The van der Waals surface area contributed by atoms with Crippen molar-refractivity contribution in [2.75, 3.05) is 24.7 Å². The Morgan fingerprint density at radius 3 is 1.65 bits per heavy atom. The molecule has 0 saturated carbocycles. The first-order valence-corrected chi connectivity index (χ1v) is 7.80. The lowest BCUT2D eigenvalue weighted by molar-refractivity contribution is 1.25. The molecule has 102 valence electrons. The van der Waals surface area contributed by atoms with Crippen LogP contribution in [0.1, 0.15) is 0 Å². The first-order valence-electron chi connectivity index (χ1n) is 6.04. The highest BCUT2D eigenvalue weighted by molar-refractivity contribution is 7.14. The van der Waals surface area contributed by atoms with Crippen molar-refractivity contribution in [1.29, 1.82) is 0 Å². The van der Waals surface area contributed by atoms with E-state index in [-0.39, 0.29) is 0 Å². The van der Waals surface area contributed by atoms with Gasteiger partial charge in [-0.1, -0.05) is 6.07 Å². The lowest BCUT2D eigenvalue weighted by atomic mass is 10.2. The monoisotopic (exact) mass is 303 g/mol. The van der Waals surface area contributed by atoms with Crippen molar-refractivity contribution in [1.82, 2.24) is 15.0 Å². The summed E-state index contributed by atoms with van der Waals surface area (Å²) < 4.78 is 0. The second-order valence-corrected chi connectivity index (χ2v) is 5.70. The zero-order chi connectivity index (χ0) is 13.9. The molecule has 0 fully saturated rings. The van der Waals surface area contributed by atoms with E-state index in [1.54, 1.807) is 22.7 Å². The summed E-state index contributed by atoms with van der Waals surface area (Å²) in [5, 5.41) is 11.8. The third kappa shape index (κ3) is 2.50. The molecule has 7 heteroatoms. The van der Waals surface area contributed by atoms with Crippen LogP contribution in [0.4, 0.5) is 10.3 Å². The summed E-state index contributed by atoms with van der Waals surface area (Å²) in [6.45, 7) is 0. The van der Waals surface area contributed by atoms with E-state index in [9.17, 15) is 0 Å². The molecule has 3 aromatic heterocycles. The number of nitrogens with one attached hydrogen (secondary N) is 2. The van der Waals surface area contributed by atoms with Gasteiger partial charge in [0.05, 0.1) is 11.4 Å². The van der Waals surface area contributed by atoms with Gasteiger partial charge in [-0.3, -0.25) is 0 Å². The molecule has 0 aliphatic rings. The van der Waals surface area contributed by atoms with Gasteiger partial charge in [0.2, 0.25) is 0 Å². The zero-order valence-electron chi connectivity index (χ0n) is 11.0. The topological polar surface area (TPSA) is 62.7 Å². The summed E-state index contributed by atoms with van der Waals surface area (Å²) >= 11 is 3.14. The van der Waals surface area contributed by atoms with Crippen LogP contribution in [0.5, 0.6) is 0 Å². The number of nitrogens with zero attached hydrogens (tertiary/aromatic N) is 3. The van der Waals surface area contributed by atoms with E-state index in [1.807, 2.05) is 43.1 Å². The van der Waals surface area contributed by atoms with Gasteiger partial charge in [-0.15, -0.1) is 22.7 Å². The molecule has 0 unspecified atom stereocenters. The predicted octanol–water partition coefficient (Wildman–Crippen LogP) is 3.41. The van der Waals surface area contributed by atoms with Crippen LogP contribution in [0.3, 0.4) is 0 Å². The van der Waals surface area contributed by atoms with E-state index in [0.717, 1.165) is 33.0 Å². The molecule has 0 spiro atoms. The molecule has 0 atom stereocenters. The van der Waals surface area contributed by atoms with Crippen LogP contribution in [0.25, 0.3) is 22.8 Å². The second-order valence-electron chi connectivity index (χ2n) is 3.98. The summed E-state index contributed by atoms with van der Waals surface area (Å²) in [7, 11) is 3.72. The Morgan fingerprint density at radius 2 is 1.25 bits per heavy atom. The quantitative estimate of drug-likeness (QED) is 0.773. The maximum atomic E-state index is 4.64. The molecular formula is C13H13N5S2. The van der Waals surface area contributed by atoms with E-state index >= 15 is 0 Å². The zero-order valence-corrected chi connectivity index (χ0v) is 12.7. The molecule has 3 heterocycles. The maximum Gasteiger partial charge on any atom is 0.183 e. The fourth-order valence-electron chi connectivity index (χ4n) is 1.73. The largest absolute Gasteiger partial charge is 0.365 e. The van der Waals surface area contributed by atoms with Crippen LogP contribution in [-0.4, -0.2) is 29.0 Å². The van der Waals surface area contributed by atoms with Gasteiger partial charge in [0.1, 0.15) is 11.4 Å². The van der Waals surface area contributed by atoms with Crippen molar-refractivity contribution in [3.63, 3.8) is 0 Å². The maximum absolute atomic E-state index is 4.64. The van der Waals surface area contributed by atoms with E-state index in [4.69, 9.17) is 0 Å². The third-order valence-electron chi connectivity index (χ3n) is 2.71. The number of pyridine rings is 1. The Hall–Kier alpha value is -1.99. The lowest BCUT2D eigenvalue weighted by Crippen LogP contribution is -1.91. The molecule has 20 heavy (non-hydrogen) atoms. The Bertz CT molecular complexity index is 661. The van der Waals surface area contributed by atoms with Gasteiger partial charge in [0, 0.05) is 24.9 Å². The molecule has 2 N–H and O–H groups in total. The average molecular weight is 303 g/mol. The molecule has 0 aliphatic carbocycles. The Balaban J connectivity index is 1.96. The van der Waals surface area contributed by atoms with Gasteiger partial charge in [-0.2, -0.15) is 0 Å². The average Bonchev–Trinajstić information content (AvgIpc) is 3.16. The minimum Gasteiger partial charge on any atom is -0.365 e. The summed E-state index contributed by atoms with van der Waals surface area (Å²) in [6, 6.07) is 5.90. The molecule has 3 rings (SSSR count). The van der Waals surface area contributed by atoms with Gasteiger partial charge in [0.15, 0.2) is 10.3 Å². The Kier molecular flexibility index (Phi) is 3.62. The van der Waals surface area contributed by atoms with Crippen LogP contribution in [0, 0.1) is 0 Å². The molecule has 0 radical (unpaired) electrons. The van der Waals surface area contributed by atoms with Crippen LogP contribution in [0.15, 0.2) is 29.0 Å². The minimum atomic E-state index is 0.860.